The molecule has 0 aromatic rings. The summed E-state index contributed by atoms with van der Waals surface area (Å²) in [7, 11) is 0. The smallest absolute Gasteiger partial charge is 0.341 e. The molecular weight excluding hydrogens is 392 g/mol. The Kier molecular flexibility index (Phi) is 5.45. The van der Waals surface area contributed by atoms with E-state index in [1.807, 2.05) is 6.92 Å². The molecule has 30 heavy (non-hydrogen) atoms. The average Bonchev–Trinajstić information content (AvgIpc) is 3.24. The molecule has 1 saturated carbocycles. The van der Waals surface area contributed by atoms with Gasteiger partial charge in [-0.25, -0.2) is 9.68 Å². The molecule has 8 heteroatoms. The van der Waals surface area contributed by atoms with Crippen LogP contribution in [0.4, 0.5) is 0 Å². The average molecular weight is 424 g/mol. The van der Waals surface area contributed by atoms with E-state index in [0.717, 1.165) is 0 Å². The number of ketones is 1. The molecule has 1 heterocycles. The first kappa shape index (κ1) is 22.9. The summed E-state index contributed by atoms with van der Waals surface area (Å²) in [5, 5.41) is 9.33. The van der Waals surface area contributed by atoms with Crippen LogP contribution >= 0.6 is 0 Å². The van der Waals surface area contributed by atoms with Crippen LogP contribution in [0.3, 0.4) is 0 Å². The Labute approximate surface area is 176 Å². The van der Waals surface area contributed by atoms with Crippen molar-refractivity contribution in [1.29, 1.82) is 0 Å². The summed E-state index contributed by atoms with van der Waals surface area (Å²) >= 11 is 0. The molecule has 6 atom stereocenters. The molecule has 2 aliphatic carbocycles. The predicted molar refractivity (Wildman–Crippen MR) is 105 cm³/mol. The number of esters is 2. The van der Waals surface area contributed by atoms with Gasteiger partial charge in [0.25, 0.3) is 0 Å². The summed E-state index contributed by atoms with van der Waals surface area (Å²) in [6.07, 6.45) is 2.05. The molecule has 0 aromatic heterocycles. The minimum atomic E-state index is -1.22. The van der Waals surface area contributed by atoms with Gasteiger partial charge in [-0.2, -0.15) is 0 Å². The summed E-state index contributed by atoms with van der Waals surface area (Å²) < 4.78 is 17.0. The molecule has 0 bridgehead atoms. The summed E-state index contributed by atoms with van der Waals surface area (Å²) in [5.74, 6) is -1.54. The molecule has 1 N–H and O–H groups in total. The van der Waals surface area contributed by atoms with Gasteiger partial charge in [-0.1, -0.05) is 13.0 Å². The number of rotatable bonds is 5. The Bertz CT molecular complexity index is 801. The largest absolute Gasteiger partial charge is 0.456 e. The normalized spacial score (nSPS) is 40.9. The highest BCUT2D eigenvalue weighted by Crippen LogP contribution is 2.55. The fraction of sp³-hybridized carbons (Fsp3) is 0.773. The lowest BCUT2D eigenvalue weighted by molar-refractivity contribution is -0.300. The molecule has 3 rings (SSSR count). The Balaban J connectivity index is 2.02. The topological polar surface area (TPSA) is 112 Å². The van der Waals surface area contributed by atoms with E-state index < -0.39 is 46.2 Å². The third-order valence-electron chi connectivity index (χ3n) is 7.22. The van der Waals surface area contributed by atoms with Crippen molar-refractivity contribution in [1.82, 2.24) is 0 Å². The maximum Gasteiger partial charge on any atom is 0.341 e. The summed E-state index contributed by atoms with van der Waals surface area (Å²) in [5.41, 5.74) is -3.59. The van der Waals surface area contributed by atoms with Crippen LogP contribution in [0.5, 0.6) is 0 Å². The zero-order valence-corrected chi connectivity index (χ0v) is 18.7. The molecule has 1 aliphatic heterocycles. The number of ether oxygens (including phenoxy) is 3. The van der Waals surface area contributed by atoms with Crippen molar-refractivity contribution < 1.29 is 38.7 Å². The zero-order valence-electron chi connectivity index (χ0n) is 18.7. The molecule has 0 unspecified atom stereocenters. The van der Waals surface area contributed by atoms with E-state index in [1.54, 1.807) is 40.7 Å². The second-order valence-corrected chi connectivity index (χ2v) is 9.99. The number of hydrogen-bond acceptors (Lipinski definition) is 8. The van der Waals surface area contributed by atoms with Gasteiger partial charge in [-0.15, -0.1) is 0 Å². The first-order valence-corrected chi connectivity index (χ1v) is 10.4. The van der Waals surface area contributed by atoms with Crippen molar-refractivity contribution in [3.05, 3.63) is 11.6 Å². The lowest BCUT2D eigenvalue weighted by Crippen LogP contribution is -2.61. The van der Waals surface area contributed by atoms with Gasteiger partial charge in [0.1, 0.15) is 11.7 Å². The fourth-order valence-electron chi connectivity index (χ4n) is 5.08. The molecule has 8 nitrogen and oxygen atoms in total. The van der Waals surface area contributed by atoms with Gasteiger partial charge in [0.2, 0.25) is 0 Å². The lowest BCUT2D eigenvalue weighted by Gasteiger charge is -2.55. The summed E-state index contributed by atoms with van der Waals surface area (Å²) in [6, 6.07) is 0. The van der Waals surface area contributed by atoms with Crippen molar-refractivity contribution in [2.75, 3.05) is 0 Å². The molecule has 3 aliphatic rings. The van der Waals surface area contributed by atoms with Crippen LogP contribution in [0, 0.1) is 11.3 Å². The van der Waals surface area contributed by atoms with Crippen LogP contribution in [0.15, 0.2) is 11.6 Å². The van der Waals surface area contributed by atoms with Gasteiger partial charge in [0.15, 0.2) is 17.0 Å². The molecular formula is C22H32O8. The Morgan fingerprint density at radius 2 is 1.87 bits per heavy atom. The van der Waals surface area contributed by atoms with E-state index in [2.05, 4.69) is 4.89 Å². The van der Waals surface area contributed by atoms with Gasteiger partial charge < -0.3 is 14.2 Å². The van der Waals surface area contributed by atoms with E-state index in [1.165, 1.54) is 6.92 Å². The quantitative estimate of drug-likeness (QED) is 0.310. The maximum atomic E-state index is 12.9. The molecule has 0 aromatic carbocycles. The number of epoxide rings is 1. The highest BCUT2D eigenvalue weighted by molar-refractivity contribution is 5.98. The highest BCUT2D eigenvalue weighted by Gasteiger charge is 2.62. The number of fused-ring (bicyclic) bond motifs is 1. The Morgan fingerprint density at radius 3 is 2.37 bits per heavy atom. The predicted octanol–water partition coefficient (Wildman–Crippen LogP) is 2.98. The van der Waals surface area contributed by atoms with Crippen LogP contribution in [-0.2, 0) is 33.5 Å². The lowest BCUT2D eigenvalue weighted by atomic mass is 9.54. The number of hydrogen-bond donors (Lipinski definition) is 1. The van der Waals surface area contributed by atoms with E-state index in [9.17, 15) is 19.6 Å². The monoisotopic (exact) mass is 424 g/mol. The third-order valence-corrected chi connectivity index (χ3v) is 7.22. The van der Waals surface area contributed by atoms with Crippen LogP contribution in [0.1, 0.15) is 67.7 Å². The van der Waals surface area contributed by atoms with Crippen LogP contribution < -0.4 is 0 Å². The van der Waals surface area contributed by atoms with E-state index in [-0.39, 0.29) is 18.3 Å². The number of Topliss-reactive ketones (excluding diaryl/α,β-unsaturated/α-hetero) is 1. The van der Waals surface area contributed by atoms with Crippen LogP contribution in [0.2, 0.25) is 0 Å². The highest BCUT2D eigenvalue weighted by atomic mass is 17.1. The minimum Gasteiger partial charge on any atom is -0.456 e. The second kappa shape index (κ2) is 7.14. The van der Waals surface area contributed by atoms with Crippen LogP contribution in [0.25, 0.3) is 0 Å². The van der Waals surface area contributed by atoms with Gasteiger partial charge in [0, 0.05) is 24.8 Å². The van der Waals surface area contributed by atoms with E-state index in [0.29, 0.717) is 18.4 Å². The standard InChI is InChI=1S/C22H32O8/c1-12-21(6,28-12)18(25)27-17-8-9-20(5)11-15(24)14(19(3,4)30-26)10-16(20)22(17,7)29-13(2)23/h10,12,16-17,26H,8-9,11H2,1-7H3/t12-,16+,17-,20+,21-,22-/m0/s1. The van der Waals surface area contributed by atoms with E-state index >= 15 is 0 Å². The first-order chi connectivity index (χ1) is 13.7. The molecule has 0 amide bonds. The maximum absolute atomic E-state index is 12.9. The van der Waals surface area contributed by atoms with Gasteiger partial charge >= 0.3 is 11.9 Å². The zero-order chi connectivity index (χ0) is 22.7. The second-order valence-electron chi connectivity index (χ2n) is 9.99. The number of carbonyl (C=O) groups is 3. The molecule has 0 spiro atoms. The molecule has 1 saturated heterocycles. The molecule has 168 valence electrons. The van der Waals surface area contributed by atoms with Gasteiger partial charge in [0.05, 0.1) is 6.10 Å². The van der Waals surface area contributed by atoms with Gasteiger partial charge in [-0.3, -0.25) is 14.8 Å². The van der Waals surface area contributed by atoms with Gasteiger partial charge in [-0.05, 0) is 52.9 Å². The Hall–Kier alpha value is -1.77. The van der Waals surface area contributed by atoms with E-state index in [4.69, 9.17) is 14.2 Å². The third kappa shape index (κ3) is 3.59. The van der Waals surface area contributed by atoms with Crippen molar-refractivity contribution in [3.8, 4) is 0 Å². The van der Waals surface area contributed by atoms with Crippen molar-refractivity contribution in [2.24, 2.45) is 11.3 Å². The fourth-order valence-corrected chi connectivity index (χ4v) is 5.08. The van der Waals surface area contributed by atoms with Crippen molar-refractivity contribution >= 4 is 17.7 Å². The van der Waals surface area contributed by atoms with Crippen LogP contribution in [-0.4, -0.2) is 52.0 Å². The summed E-state index contributed by atoms with van der Waals surface area (Å²) in [6.45, 7) is 11.7. The van der Waals surface area contributed by atoms with Crippen molar-refractivity contribution in [3.63, 3.8) is 0 Å². The Morgan fingerprint density at radius 1 is 1.27 bits per heavy atom. The summed E-state index contributed by atoms with van der Waals surface area (Å²) in [4.78, 5) is 42.2. The SMILES string of the molecule is CC(=O)O[C@]1(C)[C@@H](OC(=O)[C@@]2(C)O[C@H]2C)CC[C@]2(C)CC(=O)C(C(C)(C)OO)=C[C@H]21. The van der Waals surface area contributed by atoms with Crippen molar-refractivity contribution in [2.45, 2.75) is 96.7 Å². The first-order valence-electron chi connectivity index (χ1n) is 10.4. The minimum absolute atomic E-state index is 0.124. The number of carbonyl (C=O) groups excluding carboxylic acids is 3. The molecule has 0 radical (unpaired) electrons. The molecule has 2 fully saturated rings.